The van der Waals surface area contributed by atoms with E-state index in [1.165, 1.54) is 0 Å². The average molecular weight is 524 g/mol. The van der Waals surface area contributed by atoms with Crippen LogP contribution in [0.1, 0.15) is 28.9 Å². The largest absolute Gasteiger partial charge is 0.432 e. The summed E-state index contributed by atoms with van der Waals surface area (Å²) in [7, 11) is 0. The highest BCUT2D eigenvalue weighted by Crippen LogP contribution is 2.29. The van der Waals surface area contributed by atoms with Crippen molar-refractivity contribution in [3.8, 4) is 0 Å². The Labute approximate surface area is 218 Å². The first-order chi connectivity index (χ1) is 17.6. The normalized spacial score (nSPS) is 13.7. The van der Waals surface area contributed by atoms with E-state index >= 15 is 0 Å². The van der Waals surface area contributed by atoms with Gasteiger partial charge in [-0.25, -0.2) is 4.98 Å². The Morgan fingerprint density at radius 1 is 1.11 bits per heavy atom. The van der Waals surface area contributed by atoms with Crippen LogP contribution in [0.15, 0.2) is 51.4 Å². The van der Waals surface area contributed by atoms with E-state index < -0.39 is 0 Å². The molecule has 36 heavy (non-hydrogen) atoms. The quantitative estimate of drug-likeness (QED) is 0.267. The molecule has 0 aliphatic carbocycles. The third kappa shape index (κ3) is 6.54. The van der Waals surface area contributed by atoms with E-state index in [1.54, 1.807) is 29.4 Å². The van der Waals surface area contributed by atoms with Crippen LogP contribution in [0.25, 0.3) is 0 Å². The summed E-state index contributed by atoms with van der Waals surface area (Å²) in [6.07, 6.45) is 2.54. The molecule has 0 saturated carbocycles. The molecule has 2 N–H and O–H groups in total. The fourth-order valence-electron chi connectivity index (χ4n) is 3.80. The van der Waals surface area contributed by atoms with Gasteiger partial charge in [0.15, 0.2) is 4.34 Å². The smallest absolute Gasteiger partial charge is 0.299 e. The van der Waals surface area contributed by atoms with Crippen LogP contribution in [-0.2, 0) is 23.5 Å². The first kappa shape index (κ1) is 24.5. The van der Waals surface area contributed by atoms with E-state index in [9.17, 15) is 0 Å². The van der Waals surface area contributed by atoms with E-state index in [4.69, 9.17) is 14.1 Å². The fraction of sp³-hybridized carbons (Fsp3) is 0.360. The number of nitrogens with one attached hydrogen (secondary N) is 2. The average Bonchev–Trinajstić information content (AvgIpc) is 3.55. The lowest BCUT2D eigenvalue weighted by molar-refractivity contribution is 0.122. The van der Waals surface area contributed by atoms with Gasteiger partial charge in [-0.2, -0.15) is 4.98 Å². The zero-order valence-electron chi connectivity index (χ0n) is 20.4. The Kier molecular flexibility index (Phi) is 7.99. The Bertz CT molecular complexity index is 1290. The van der Waals surface area contributed by atoms with Crippen molar-refractivity contribution in [2.45, 2.75) is 36.9 Å². The van der Waals surface area contributed by atoms with Gasteiger partial charge in [0.05, 0.1) is 24.6 Å². The first-order valence-electron chi connectivity index (χ1n) is 12.0. The number of rotatable bonds is 10. The van der Waals surface area contributed by atoms with Gasteiger partial charge in [0.2, 0.25) is 0 Å². The fourth-order valence-corrected chi connectivity index (χ4v) is 5.53. The number of thioether (sulfide) groups is 1. The number of oxazole rings is 1. The van der Waals surface area contributed by atoms with Gasteiger partial charge in [0.1, 0.15) is 17.1 Å². The van der Waals surface area contributed by atoms with Crippen molar-refractivity contribution < 1.29 is 9.15 Å². The van der Waals surface area contributed by atoms with Crippen LogP contribution in [0.3, 0.4) is 0 Å². The molecule has 11 heteroatoms. The summed E-state index contributed by atoms with van der Waals surface area (Å²) in [5.74, 6) is 1.59. The van der Waals surface area contributed by atoms with Crippen LogP contribution in [0.2, 0.25) is 0 Å². The van der Waals surface area contributed by atoms with Crippen molar-refractivity contribution in [1.29, 1.82) is 0 Å². The number of morpholine rings is 1. The van der Waals surface area contributed by atoms with Crippen molar-refractivity contribution in [1.82, 2.24) is 20.2 Å². The second-order valence-electron chi connectivity index (χ2n) is 8.38. The highest BCUT2D eigenvalue weighted by atomic mass is 32.2. The molecule has 1 aliphatic rings. The zero-order chi connectivity index (χ0) is 24.7. The predicted octanol–water partition coefficient (Wildman–Crippen LogP) is 5.28. The molecule has 0 atom stereocenters. The van der Waals surface area contributed by atoms with Crippen molar-refractivity contribution in [2.24, 2.45) is 0 Å². The van der Waals surface area contributed by atoms with Gasteiger partial charge in [-0.1, -0.05) is 42.2 Å². The molecule has 1 aromatic carbocycles. The van der Waals surface area contributed by atoms with Crippen molar-refractivity contribution in [3.05, 3.63) is 64.6 Å². The van der Waals surface area contributed by atoms with Gasteiger partial charge in [0, 0.05) is 42.8 Å². The van der Waals surface area contributed by atoms with Crippen LogP contribution >= 0.6 is 23.1 Å². The highest BCUT2D eigenvalue weighted by molar-refractivity contribution is 8.00. The minimum absolute atomic E-state index is 0.487. The van der Waals surface area contributed by atoms with E-state index in [1.807, 2.05) is 19.1 Å². The minimum Gasteiger partial charge on any atom is -0.432 e. The lowest BCUT2D eigenvalue weighted by Crippen LogP contribution is -2.36. The molecule has 9 nitrogen and oxygen atoms in total. The molecule has 0 amide bonds. The van der Waals surface area contributed by atoms with E-state index in [-0.39, 0.29) is 0 Å². The monoisotopic (exact) mass is 523 g/mol. The van der Waals surface area contributed by atoms with Crippen LogP contribution in [0.5, 0.6) is 0 Å². The number of benzene rings is 1. The summed E-state index contributed by atoms with van der Waals surface area (Å²) in [4.78, 5) is 11.6. The molecule has 4 aromatic rings. The number of pyridine rings is 1. The molecule has 5 rings (SSSR count). The first-order valence-corrected chi connectivity index (χ1v) is 13.8. The van der Waals surface area contributed by atoms with Crippen LogP contribution < -0.4 is 15.5 Å². The zero-order valence-corrected chi connectivity index (χ0v) is 22.0. The van der Waals surface area contributed by atoms with Gasteiger partial charge in [0.25, 0.3) is 6.01 Å². The third-order valence-electron chi connectivity index (χ3n) is 5.60. The van der Waals surface area contributed by atoms with Gasteiger partial charge in [-0.3, -0.25) is 0 Å². The predicted molar refractivity (Wildman–Crippen MR) is 144 cm³/mol. The number of hydrogen-bond donors (Lipinski definition) is 2. The lowest BCUT2D eigenvalue weighted by atomic mass is 10.2. The van der Waals surface area contributed by atoms with Gasteiger partial charge in [-0.05, 0) is 37.1 Å². The highest BCUT2D eigenvalue weighted by Gasteiger charge is 2.15. The van der Waals surface area contributed by atoms with E-state index in [2.05, 4.69) is 61.9 Å². The van der Waals surface area contributed by atoms with Gasteiger partial charge < -0.3 is 24.7 Å². The van der Waals surface area contributed by atoms with Crippen molar-refractivity contribution in [2.75, 3.05) is 41.8 Å². The third-order valence-corrected chi connectivity index (χ3v) is 7.84. The summed E-state index contributed by atoms with van der Waals surface area (Å²) in [5.41, 5.74) is 5.06. The van der Waals surface area contributed by atoms with Crippen molar-refractivity contribution in [3.63, 3.8) is 0 Å². The topological polar surface area (TPSA) is 101 Å². The van der Waals surface area contributed by atoms with Gasteiger partial charge >= 0.3 is 0 Å². The number of ether oxygens (including phenoxy) is 1. The molecule has 0 unspecified atom stereocenters. The minimum atomic E-state index is 0.487. The molecule has 0 spiro atoms. The molecule has 1 aliphatic heterocycles. The molecule has 1 saturated heterocycles. The molecular weight excluding hydrogens is 494 g/mol. The second-order valence-corrected chi connectivity index (χ2v) is 10.7. The summed E-state index contributed by atoms with van der Waals surface area (Å²) < 4.78 is 11.9. The van der Waals surface area contributed by atoms with Crippen LogP contribution in [-0.4, -0.2) is 46.5 Å². The maximum Gasteiger partial charge on any atom is 0.299 e. The Balaban J connectivity index is 1.29. The van der Waals surface area contributed by atoms with Gasteiger partial charge in [-0.15, -0.1) is 10.2 Å². The standard InChI is InChI=1S/C25H29N7O2S2/c1-3-23-30-31-25(36-23)35-16-20-12-21(32-7-9-33-10-8-32)13-22(28-20)26-14-18-5-4-6-19(11-18)29-24-27-17(2)15-34-24/h4-6,11-13,15H,3,7-10,14,16H2,1-2H3,(H,26,28)(H,27,29). The lowest BCUT2D eigenvalue weighted by Gasteiger charge is -2.29. The molecule has 4 heterocycles. The number of nitrogens with zero attached hydrogens (tertiary/aromatic N) is 5. The number of aromatic nitrogens is 4. The molecule has 3 aromatic heterocycles. The molecular formula is C25H29N7O2S2. The summed E-state index contributed by atoms with van der Waals surface area (Å²) in [6, 6.07) is 13.0. The summed E-state index contributed by atoms with van der Waals surface area (Å²) in [5, 5.41) is 16.3. The molecule has 0 bridgehead atoms. The SMILES string of the molecule is CCc1nnc(SCc2cc(N3CCOCC3)cc(NCc3cccc(Nc4nc(C)co4)c3)n2)s1. The summed E-state index contributed by atoms with van der Waals surface area (Å²) >= 11 is 3.33. The summed E-state index contributed by atoms with van der Waals surface area (Å²) in [6.45, 7) is 7.87. The van der Waals surface area contributed by atoms with Crippen LogP contribution in [0.4, 0.5) is 23.2 Å². The van der Waals surface area contributed by atoms with E-state index in [0.29, 0.717) is 12.6 Å². The molecule has 188 valence electrons. The Morgan fingerprint density at radius 2 is 2.00 bits per heavy atom. The van der Waals surface area contributed by atoms with E-state index in [0.717, 1.165) is 82.0 Å². The number of hydrogen-bond acceptors (Lipinski definition) is 11. The van der Waals surface area contributed by atoms with Crippen molar-refractivity contribution >= 4 is 46.3 Å². The Morgan fingerprint density at radius 3 is 2.78 bits per heavy atom. The molecule has 0 radical (unpaired) electrons. The Hall–Kier alpha value is -3.15. The number of aryl methyl sites for hydroxylation is 2. The molecule has 1 fully saturated rings. The maximum atomic E-state index is 5.55. The maximum absolute atomic E-state index is 5.55. The second kappa shape index (κ2) is 11.7. The van der Waals surface area contributed by atoms with Crippen LogP contribution in [0, 0.1) is 6.92 Å². The number of anilines is 4.